The van der Waals surface area contributed by atoms with Crippen LogP contribution < -0.4 is 0 Å². The molecule has 0 spiro atoms. The minimum absolute atomic E-state index is 0.0136. The largest absolute Gasteiger partial charge is 0.462 e. The van der Waals surface area contributed by atoms with Crippen molar-refractivity contribution in [2.45, 2.75) is 207 Å². The number of esters is 2. The Hall–Kier alpha value is -4.22. The molecule has 0 N–H and O–H groups in total. The van der Waals surface area contributed by atoms with Crippen LogP contribution >= 0.6 is 0 Å². The first-order valence-corrected chi connectivity index (χ1v) is 26.4. The second-order valence-corrected chi connectivity index (χ2v) is 16.7. The van der Waals surface area contributed by atoms with Crippen LogP contribution in [0.25, 0.3) is 0 Å². The van der Waals surface area contributed by atoms with E-state index in [9.17, 15) is 9.59 Å². The smallest absolute Gasteiger partial charge is 0.306 e. The summed E-state index contributed by atoms with van der Waals surface area (Å²) in [6, 6.07) is 0. The SMILES string of the molecule is CC/C=C\C/C=C\C/C=C\C/C=C\C/C=C\C/C=C\CCCOCC(COC(=O)CC/C=C\C/C=C\C/C=C\C/C=C\C/C=C\C/C=C\CC)OC(=O)CCCCCCCCCCCCC. The van der Waals surface area contributed by atoms with E-state index in [0.717, 1.165) is 109 Å². The number of carbonyl (C=O) groups is 2. The normalized spacial score (nSPS) is 13.4. The van der Waals surface area contributed by atoms with Gasteiger partial charge in [0.05, 0.1) is 6.61 Å². The fourth-order valence-electron chi connectivity index (χ4n) is 6.55. The second-order valence-electron chi connectivity index (χ2n) is 16.7. The summed E-state index contributed by atoms with van der Waals surface area (Å²) in [6.07, 6.45) is 80.2. The minimum atomic E-state index is -0.606. The van der Waals surface area contributed by atoms with Crippen molar-refractivity contribution in [2.24, 2.45) is 0 Å². The lowest BCUT2D eigenvalue weighted by Gasteiger charge is -2.18. The Morgan fingerprint density at radius 3 is 1.09 bits per heavy atom. The fourth-order valence-corrected chi connectivity index (χ4v) is 6.55. The average Bonchev–Trinajstić information content (AvgIpc) is 3.32. The van der Waals surface area contributed by atoms with Crippen LogP contribution in [-0.4, -0.2) is 37.9 Å². The maximum Gasteiger partial charge on any atom is 0.306 e. The number of hydrogen-bond donors (Lipinski definition) is 0. The molecule has 0 aromatic rings. The first-order chi connectivity index (χ1) is 32.6. The highest BCUT2D eigenvalue weighted by Gasteiger charge is 2.17. The molecule has 370 valence electrons. The molecule has 0 rings (SSSR count). The molecular weight excluding hydrogens is 813 g/mol. The van der Waals surface area contributed by atoms with Crippen molar-refractivity contribution in [1.82, 2.24) is 0 Å². The van der Waals surface area contributed by atoms with Crippen LogP contribution in [0, 0.1) is 0 Å². The molecule has 0 radical (unpaired) electrons. The molecule has 5 nitrogen and oxygen atoms in total. The Balaban J connectivity index is 4.48. The monoisotopic (exact) mass is 909 g/mol. The zero-order chi connectivity index (χ0) is 47.7. The highest BCUT2D eigenvalue weighted by molar-refractivity contribution is 5.70. The Kier molecular flexibility index (Phi) is 51.6. The van der Waals surface area contributed by atoms with Crippen LogP contribution in [0.3, 0.4) is 0 Å². The third kappa shape index (κ3) is 52.4. The van der Waals surface area contributed by atoms with E-state index in [1.807, 2.05) is 6.08 Å². The third-order valence-corrected chi connectivity index (χ3v) is 10.4. The quantitative estimate of drug-likeness (QED) is 0.0346. The predicted octanol–water partition coefficient (Wildman–Crippen LogP) is 18.1. The van der Waals surface area contributed by atoms with E-state index < -0.39 is 6.10 Å². The predicted molar refractivity (Wildman–Crippen MR) is 288 cm³/mol. The van der Waals surface area contributed by atoms with Gasteiger partial charge >= 0.3 is 11.9 Å². The standard InChI is InChI=1S/C61H96O5/c1-4-7-10-13-16-19-22-24-26-28-30-32-34-36-38-41-44-47-50-53-56-64-57-59(66-61(63)55-52-49-46-43-39-21-18-15-12-9-6-3)58-65-60(62)54-51-48-45-42-40-37-35-33-31-29-27-25-23-20-17-14-11-8-5-2/h7-8,10-11,16-17,19-20,24-27,30-33,36-38,40,44-45,47-48,59H,4-6,9,12-15,18,21-23,28-29,34-35,39,41-43,46,49-58H2,1-3H3/b10-7-,11-8-,19-16-,20-17-,26-24-,27-25-,32-30-,33-31-,38-36-,40-37-,47-44-,48-45-. The van der Waals surface area contributed by atoms with E-state index in [-0.39, 0.29) is 31.6 Å². The van der Waals surface area contributed by atoms with Crippen LogP contribution in [0.15, 0.2) is 146 Å². The lowest BCUT2D eigenvalue weighted by atomic mass is 10.1. The summed E-state index contributed by atoms with van der Waals surface area (Å²) in [5.41, 5.74) is 0. The van der Waals surface area contributed by atoms with Crippen molar-refractivity contribution in [1.29, 1.82) is 0 Å². The van der Waals surface area contributed by atoms with Crippen molar-refractivity contribution < 1.29 is 23.8 Å². The van der Waals surface area contributed by atoms with Crippen LogP contribution in [-0.2, 0) is 23.8 Å². The fraction of sp³-hybridized carbons (Fsp3) is 0.574. The second kappa shape index (κ2) is 55.1. The zero-order valence-electron chi connectivity index (χ0n) is 42.4. The van der Waals surface area contributed by atoms with E-state index in [0.29, 0.717) is 19.4 Å². The van der Waals surface area contributed by atoms with E-state index in [2.05, 4.69) is 161 Å². The number of allylic oxidation sites excluding steroid dienone is 24. The molecule has 0 aromatic heterocycles. The van der Waals surface area contributed by atoms with Crippen molar-refractivity contribution in [2.75, 3.05) is 19.8 Å². The van der Waals surface area contributed by atoms with E-state index in [1.165, 1.54) is 51.4 Å². The maximum atomic E-state index is 12.8. The summed E-state index contributed by atoms with van der Waals surface area (Å²) < 4.78 is 17.3. The first-order valence-electron chi connectivity index (χ1n) is 26.4. The van der Waals surface area contributed by atoms with Gasteiger partial charge in [-0.15, -0.1) is 0 Å². The number of carbonyl (C=O) groups excluding carboxylic acids is 2. The molecule has 0 aliphatic heterocycles. The van der Waals surface area contributed by atoms with Gasteiger partial charge in [0.2, 0.25) is 0 Å². The molecule has 0 bridgehead atoms. The number of rotatable bonds is 46. The molecule has 0 saturated carbocycles. The third-order valence-electron chi connectivity index (χ3n) is 10.4. The van der Waals surface area contributed by atoms with Crippen molar-refractivity contribution in [3.8, 4) is 0 Å². The molecule has 0 aliphatic carbocycles. The number of ether oxygens (including phenoxy) is 3. The van der Waals surface area contributed by atoms with Crippen molar-refractivity contribution >= 4 is 11.9 Å². The Labute approximate surface area is 406 Å². The zero-order valence-corrected chi connectivity index (χ0v) is 42.4. The lowest BCUT2D eigenvalue weighted by molar-refractivity contribution is -0.162. The van der Waals surface area contributed by atoms with Gasteiger partial charge in [0, 0.05) is 19.4 Å². The topological polar surface area (TPSA) is 61.8 Å². The number of hydrogen-bond acceptors (Lipinski definition) is 5. The highest BCUT2D eigenvalue weighted by Crippen LogP contribution is 2.13. The molecule has 0 heterocycles. The maximum absolute atomic E-state index is 12.8. The first kappa shape index (κ1) is 61.8. The van der Waals surface area contributed by atoms with Crippen LogP contribution in [0.5, 0.6) is 0 Å². The number of unbranched alkanes of at least 4 members (excludes halogenated alkanes) is 11. The van der Waals surface area contributed by atoms with E-state index >= 15 is 0 Å². The molecule has 66 heavy (non-hydrogen) atoms. The van der Waals surface area contributed by atoms with Crippen molar-refractivity contribution in [3.63, 3.8) is 0 Å². The summed E-state index contributed by atoms with van der Waals surface area (Å²) in [5.74, 6) is -0.537. The van der Waals surface area contributed by atoms with Gasteiger partial charge in [0.15, 0.2) is 6.10 Å². The van der Waals surface area contributed by atoms with Gasteiger partial charge in [0.1, 0.15) is 6.61 Å². The van der Waals surface area contributed by atoms with Gasteiger partial charge in [-0.05, 0) is 103 Å². The summed E-state index contributed by atoms with van der Waals surface area (Å²) in [6.45, 7) is 7.35. The Bertz CT molecular complexity index is 1450. The lowest BCUT2D eigenvalue weighted by Crippen LogP contribution is -2.30. The molecule has 0 aromatic carbocycles. The summed E-state index contributed by atoms with van der Waals surface area (Å²) >= 11 is 0. The molecule has 5 heteroatoms. The molecule has 0 amide bonds. The highest BCUT2D eigenvalue weighted by atomic mass is 16.6. The van der Waals surface area contributed by atoms with E-state index in [1.54, 1.807) is 0 Å². The average molecular weight is 909 g/mol. The Morgan fingerprint density at radius 1 is 0.348 bits per heavy atom. The Morgan fingerprint density at radius 2 is 0.697 bits per heavy atom. The van der Waals surface area contributed by atoms with Gasteiger partial charge in [-0.2, -0.15) is 0 Å². The molecule has 1 unspecified atom stereocenters. The molecule has 0 aliphatic rings. The van der Waals surface area contributed by atoms with Gasteiger partial charge in [-0.25, -0.2) is 0 Å². The van der Waals surface area contributed by atoms with Crippen LogP contribution in [0.4, 0.5) is 0 Å². The van der Waals surface area contributed by atoms with Crippen LogP contribution in [0.2, 0.25) is 0 Å². The van der Waals surface area contributed by atoms with Gasteiger partial charge < -0.3 is 14.2 Å². The van der Waals surface area contributed by atoms with Gasteiger partial charge in [-0.1, -0.05) is 231 Å². The van der Waals surface area contributed by atoms with E-state index in [4.69, 9.17) is 14.2 Å². The molecule has 1 atom stereocenters. The minimum Gasteiger partial charge on any atom is -0.462 e. The molecule has 0 fully saturated rings. The molecular formula is C61H96O5. The molecule has 0 saturated heterocycles. The van der Waals surface area contributed by atoms with Crippen molar-refractivity contribution in [3.05, 3.63) is 146 Å². The summed E-state index contributed by atoms with van der Waals surface area (Å²) in [4.78, 5) is 25.4. The summed E-state index contributed by atoms with van der Waals surface area (Å²) in [5, 5.41) is 0. The van der Waals surface area contributed by atoms with Gasteiger partial charge in [-0.3, -0.25) is 9.59 Å². The van der Waals surface area contributed by atoms with Gasteiger partial charge in [0.25, 0.3) is 0 Å². The summed E-state index contributed by atoms with van der Waals surface area (Å²) in [7, 11) is 0. The van der Waals surface area contributed by atoms with Crippen LogP contribution in [0.1, 0.15) is 201 Å².